The normalized spacial score (nSPS) is 14.4. The van der Waals surface area contributed by atoms with Crippen LogP contribution in [0.5, 0.6) is 0 Å². The Hall–Kier alpha value is 1.34. The van der Waals surface area contributed by atoms with Gasteiger partial charge in [0.1, 0.15) is 0 Å². The molecule has 0 aromatic heterocycles. The third-order valence-corrected chi connectivity index (χ3v) is 41.8. The summed E-state index contributed by atoms with van der Waals surface area (Å²) >= 11 is 3.91. The maximum Gasteiger partial charge on any atom is 0.0804 e. The average Bonchev–Trinajstić information content (AvgIpc) is 1.59. The largest absolute Gasteiger partial charge is 0.0804 e. The molecule has 0 amide bonds. The van der Waals surface area contributed by atoms with Crippen LogP contribution in [0.3, 0.4) is 0 Å². The van der Waals surface area contributed by atoms with Gasteiger partial charge in [0, 0.05) is 0 Å². The standard InChI is InChI=1S/C6H18BrPSi2/c1-9(2,3)8(7)10(4,5)6/h1-6H3. The molecule has 0 aliphatic heterocycles. The Morgan fingerprint density at radius 1 is 0.800 bits per heavy atom. The van der Waals surface area contributed by atoms with E-state index >= 15 is 0 Å². The summed E-state index contributed by atoms with van der Waals surface area (Å²) in [5.41, 5.74) is 0.228. The summed E-state index contributed by atoms with van der Waals surface area (Å²) in [6.07, 6.45) is 0. The van der Waals surface area contributed by atoms with Crippen LogP contribution in [0.25, 0.3) is 0 Å². The number of halogens is 1. The Bertz CT molecular complexity index is 99.9. The SMILES string of the molecule is C[Si](C)(C)P(Br)[Si](C)(C)C. The molecule has 0 saturated heterocycles. The Balaban J connectivity index is 4.23. The first-order valence-corrected chi connectivity index (χ1v) is 15.7. The highest BCUT2D eigenvalue weighted by Crippen LogP contribution is 2.60. The summed E-state index contributed by atoms with van der Waals surface area (Å²) < 4.78 is 0. The quantitative estimate of drug-likeness (QED) is 0.506. The van der Waals surface area contributed by atoms with Gasteiger partial charge in [-0.25, -0.2) is 0 Å². The van der Waals surface area contributed by atoms with E-state index in [-0.39, 0.29) is 5.72 Å². The lowest BCUT2D eigenvalue weighted by Crippen LogP contribution is -2.29. The summed E-state index contributed by atoms with van der Waals surface area (Å²) in [6.45, 7) is 14.8. The minimum Gasteiger partial charge on any atom is -0.0701 e. The average molecular weight is 257 g/mol. The van der Waals surface area contributed by atoms with Crippen molar-refractivity contribution < 1.29 is 0 Å². The fourth-order valence-electron chi connectivity index (χ4n) is 1.01. The van der Waals surface area contributed by atoms with Crippen LogP contribution in [0.2, 0.25) is 39.3 Å². The van der Waals surface area contributed by atoms with Gasteiger partial charge in [-0.05, 0) is 0 Å². The molecule has 0 spiro atoms. The van der Waals surface area contributed by atoms with E-state index in [0.29, 0.717) is 0 Å². The fourth-order valence-corrected chi connectivity index (χ4v) is 27.2. The Kier molecular flexibility index (Phi) is 3.84. The van der Waals surface area contributed by atoms with Crippen LogP contribution >= 0.6 is 21.2 Å². The molecule has 0 aromatic rings. The second-order valence-electron chi connectivity index (χ2n) is 4.62. The fraction of sp³-hybridized carbons (Fsp3) is 1.00. The van der Waals surface area contributed by atoms with E-state index < -0.39 is 15.5 Å². The first kappa shape index (κ1) is 11.3. The van der Waals surface area contributed by atoms with Crippen molar-refractivity contribution in [2.75, 3.05) is 0 Å². The Morgan fingerprint density at radius 3 is 1.00 bits per heavy atom. The van der Waals surface area contributed by atoms with Gasteiger partial charge in [-0.15, -0.1) is 0 Å². The molecule has 62 valence electrons. The monoisotopic (exact) mass is 256 g/mol. The molecular weight excluding hydrogens is 239 g/mol. The van der Waals surface area contributed by atoms with Crippen LogP contribution in [0, 0.1) is 0 Å². The van der Waals surface area contributed by atoms with Crippen LogP contribution in [0.1, 0.15) is 0 Å². The van der Waals surface area contributed by atoms with Crippen molar-refractivity contribution in [3.8, 4) is 0 Å². The molecule has 0 atom stereocenters. The van der Waals surface area contributed by atoms with Gasteiger partial charge in [-0.2, -0.15) is 0 Å². The Labute approximate surface area is 76.0 Å². The molecule has 0 aliphatic carbocycles. The van der Waals surface area contributed by atoms with E-state index in [1.54, 1.807) is 0 Å². The zero-order chi connectivity index (χ0) is 8.58. The first-order chi connectivity index (χ1) is 4.15. The van der Waals surface area contributed by atoms with Gasteiger partial charge < -0.3 is 0 Å². The highest BCUT2D eigenvalue weighted by molar-refractivity contribution is 9.45. The molecule has 0 aliphatic rings. The number of hydrogen-bond donors (Lipinski definition) is 0. The van der Waals surface area contributed by atoms with Crippen LogP contribution in [0.15, 0.2) is 0 Å². The summed E-state index contributed by atoms with van der Waals surface area (Å²) in [4.78, 5) is 0. The molecule has 10 heavy (non-hydrogen) atoms. The molecule has 0 saturated carbocycles. The molecule has 0 radical (unpaired) electrons. The molecule has 0 N–H and O–H groups in total. The van der Waals surface area contributed by atoms with Crippen molar-refractivity contribution in [1.82, 2.24) is 0 Å². The first-order valence-electron chi connectivity index (χ1n) is 3.62. The van der Waals surface area contributed by atoms with Crippen LogP contribution in [-0.2, 0) is 0 Å². The zero-order valence-electron chi connectivity index (χ0n) is 7.83. The van der Waals surface area contributed by atoms with Crippen molar-refractivity contribution >= 4 is 36.7 Å². The van der Waals surface area contributed by atoms with Gasteiger partial charge >= 0.3 is 0 Å². The highest BCUT2D eigenvalue weighted by atomic mass is 79.9. The van der Waals surface area contributed by atoms with Crippen LogP contribution in [0.4, 0.5) is 0 Å². The Morgan fingerprint density at radius 2 is 1.00 bits per heavy atom. The molecule has 0 fully saturated rings. The molecular formula is C6H18BrPSi2. The van der Waals surface area contributed by atoms with E-state index in [1.165, 1.54) is 0 Å². The van der Waals surface area contributed by atoms with Crippen LogP contribution in [-0.4, -0.2) is 15.5 Å². The van der Waals surface area contributed by atoms with Gasteiger partial charge in [-0.1, -0.05) is 60.5 Å². The zero-order valence-corrected chi connectivity index (χ0v) is 12.3. The van der Waals surface area contributed by atoms with Gasteiger partial charge in [0.2, 0.25) is 0 Å². The summed E-state index contributed by atoms with van der Waals surface area (Å²) in [6, 6.07) is 0. The smallest absolute Gasteiger partial charge is 0.0701 e. The molecule has 0 heterocycles. The summed E-state index contributed by atoms with van der Waals surface area (Å²) in [7, 11) is -1.71. The van der Waals surface area contributed by atoms with Gasteiger partial charge in [0.25, 0.3) is 0 Å². The predicted molar refractivity (Wildman–Crippen MR) is 62.5 cm³/mol. The van der Waals surface area contributed by atoms with Gasteiger partial charge in [0.05, 0.1) is 15.5 Å². The van der Waals surface area contributed by atoms with E-state index in [2.05, 4.69) is 54.8 Å². The predicted octanol–water partition coefficient (Wildman–Crippen LogP) is 4.45. The maximum atomic E-state index is 3.91. The summed E-state index contributed by atoms with van der Waals surface area (Å²) in [5, 5.41) is 0. The molecule has 0 bridgehead atoms. The molecule has 4 heteroatoms. The van der Waals surface area contributed by atoms with E-state index in [9.17, 15) is 0 Å². The van der Waals surface area contributed by atoms with E-state index in [4.69, 9.17) is 0 Å². The van der Waals surface area contributed by atoms with Gasteiger partial charge in [-0.3, -0.25) is 0 Å². The second-order valence-corrected chi connectivity index (χ2v) is 32.0. The van der Waals surface area contributed by atoms with Crippen LogP contribution < -0.4 is 0 Å². The van der Waals surface area contributed by atoms with Crippen molar-refractivity contribution in [3.63, 3.8) is 0 Å². The minimum atomic E-state index is -0.853. The van der Waals surface area contributed by atoms with E-state index in [1.807, 2.05) is 0 Å². The molecule has 0 nitrogen and oxygen atoms in total. The van der Waals surface area contributed by atoms with Crippen molar-refractivity contribution in [2.24, 2.45) is 0 Å². The maximum absolute atomic E-state index is 3.91. The minimum absolute atomic E-state index is 0.228. The summed E-state index contributed by atoms with van der Waals surface area (Å²) in [5.74, 6) is 0. The second kappa shape index (κ2) is 3.38. The molecule has 0 unspecified atom stereocenters. The van der Waals surface area contributed by atoms with Gasteiger partial charge in [0.15, 0.2) is 0 Å². The number of rotatable bonds is 2. The third kappa shape index (κ3) is 3.65. The third-order valence-electron chi connectivity index (χ3n) is 1.18. The highest BCUT2D eigenvalue weighted by Gasteiger charge is 2.34. The molecule has 0 aromatic carbocycles. The lowest BCUT2D eigenvalue weighted by molar-refractivity contribution is 1.84. The van der Waals surface area contributed by atoms with Crippen molar-refractivity contribution in [3.05, 3.63) is 0 Å². The van der Waals surface area contributed by atoms with Crippen molar-refractivity contribution in [1.29, 1.82) is 0 Å². The lowest BCUT2D eigenvalue weighted by Gasteiger charge is -2.33. The topological polar surface area (TPSA) is 0 Å². The lowest BCUT2D eigenvalue weighted by atomic mass is 11.8. The van der Waals surface area contributed by atoms with Crippen molar-refractivity contribution in [2.45, 2.75) is 39.3 Å². The number of hydrogen-bond acceptors (Lipinski definition) is 0. The van der Waals surface area contributed by atoms with E-state index in [0.717, 1.165) is 0 Å². The molecule has 0 rings (SSSR count).